The van der Waals surface area contributed by atoms with E-state index in [4.69, 9.17) is 0 Å². The number of benzene rings is 1. The molecule has 4 rings (SSSR count). The van der Waals surface area contributed by atoms with Crippen LogP contribution in [0.4, 0.5) is 0 Å². The van der Waals surface area contributed by atoms with Crippen molar-refractivity contribution in [2.24, 2.45) is 17.8 Å². The van der Waals surface area contributed by atoms with Crippen LogP contribution < -0.4 is 11.1 Å². The molecule has 20 heavy (non-hydrogen) atoms. The second-order valence-electron chi connectivity index (χ2n) is 5.82. The molecule has 5 heteroatoms. The summed E-state index contributed by atoms with van der Waals surface area (Å²) in [5.74, 6) is 1.50. The van der Waals surface area contributed by atoms with Crippen molar-refractivity contribution in [3.05, 3.63) is 44.5 Å². The van der Waals surface area contributed by atoms with Crippen LogP contribution in [0.3, 0.4) is 0 Å². The minimum absolute atomic E-state index is 0.175. The first kappa shape index (κ1) is 11.6. The zero-order valence-electron chi connectivity index (χ0n) is 10.8. The van der Waals surface area contributed by atoms with Gasteiger partial charge in [-0.05, 0) is 42.9 Å². The predicted molar refractivity (Wildman–Crippen MR) is 73.8 cm³/mol. The van der Waals surface area contributed by atoms with E-state index in [1.54, 1.807) is 18.2 Å². The number of rotatable bonds is 2. The lowest BCUT2D eigenvalue weighted by Crippen LogP contribution is -2.29. The highest BCUT2D eigenvalue weighted by molar-refractivity contribution is 6.02. The van der Waals surface area contributed by atoms with Crippen molar-refractivity contribution in [1.29, 1.82) is 0 Å². The summed E-state index contributed by atoms with van der Waals surface area (Å²) in [6.07, 6.45) is 3.57. The minimum atomic E-state index is -0.689. The molecule has 0 aliphatic heterocycles. The molecule has 0 bridgehead atoms. The van der Waals surface area contributed by atoms with Gasteiger partial charge in [0.05, 0.1) is 11.0 Å². The third-order valence-electron chi connectivity index (χ3n) is 4.72. The van der Waals surface area contributed by atoms with Crippen LogP contribution in [0.1, 0.15) is 29.6 Å². The average Bonchev–Trinajstić information content (AvgIpc) is 2.91. The van der Waals surface area contributed by atoms with Crippen molar-refractivity contribution in [3.8, 4) is 0 Å². The Balaban J connectivity index is 1.74. The van der Waals surface area contributed by atoms with Crippen LogP contribution in [-0.4, -0.2) is 15.8 Å². The Labute approximate surface area is 114 Å². The van der Waals surface area contributed by atoms with Gasteiger partial charge in [0, 0.05) is 11.5 Å². The van der Waals surface area contributed by atoms with E-state index in [1.807, 2.05) is 0 Å². The number of Topliss-reactive ketones (excluding diaryl/α,β-unsaturated/α-hetero) is 1. The monoisotopic (exact) mass is 270 g/mol. The second kappa shape index (κ2) is 3.91. The molecule has 0 amide bonds. The van der Waals surface area contributed by atoms with E-state index < -0.39 is 11.1 Å². The van der Waals surface area contributed by atoms with Crippen LogP contribution >= 0.6 is 0 Å². The largest absolute Gasteiger partial charge is 0.316 e. The zero-order chi connectivity index (χ0) is 13.9. The fourth-order valence-corrected chi connectivity index (χ4v) is 3.67. The molecule has 1 aromatic carbocycles. The number of carbonyl (C=O) groups is 1. The maximum atomic E-state index is 12.5. The van der Waals surface area contributed by atoms with Crippen molar-refractivity contribution in [3.63, 3.8) is 0 Å². The third-order valence-corrected chi connectivity index (χ3v) is 4.72. The molecule has 0 saturated heterocycles. The number of aromatic nitrogens is 2. The highest BCUT2D eigenvalue weighted by Crippen LogP contribution is 2.58. The molecule has 0 spiro atoms. The van der Waals surface area contributed by atoms with Gasteiger partial charge in [-0.1, -0.05) is 6.42 Å². The lowest BCUT2D eigenvalue weighted by molar-refractivity contribution is 0.0951. The van der Waals surface area contributed by atoms with E-state index in [1.165, 1.54) is 19.3 Å². The summed E-state index contributed by atoms with van der Waals surface area (Å²) in [5.41, 5.74) is 0.312. The normalized spacial score (nSPS) is 27.5. The Kier molecular flexibility index (Phi) is 2.28. The Morgan fingerprint density at radius 3 is 2.35 bits per heavy atom. The van der Waals surface area contributed by atoms with Gasteiger partial charge in [0.15, 0.2) is 5.78 Å². The van der Waals surface area contributed by atoms with Crippen molar-refractivity contribution in [2.45, 2.75) is 19.3 Å². The number of hydrogen-bond acceptors (Lipinski definition) is 3. The number of carbonyl (C=O) groups excluding carboxylic acids is 1. The van der Waals surface area contributed by atoms with E-state index in [-0.39, 0.29) is 11.7 Å². The Morgan fingerprint density at radius 2 is 1.65 bits per heavy atom. The number of fused-ring (bicyclic) bond motifs is 2. The average molecular weight is 270 g/mol. The zero-order valence-corrected chi connectivity index (χ0v) is 10.8. The Morgan fingerprint density at radius 1 is 1.00 bits per heavy atom. The standard InChI is InChI=1S/C15H14N2O3/c18-13(12-8-2-1-3-9(8)12)7-4-5-10-11(6-7)17-15(20)14(19)16-10/h4-6,8-9,12H,1-3H2,(H,16,19)(H,17,20). The summed E-state index contributed by atoms with van der Waals surface area (Å²) in [4.78, 5) is 40.0. The number of nitrogens with one attached hydrogen (secondary N) is 2. The van der Waals surface area contributed by atoms with Gasteiger partial charge in [-0.15, -0.1) is 0 Å². The van der Waals surface area contributed by atoms with Crippen LogP contribution in [0.5, 0.6) is 0 Å². The Bertz CT molecular complexity index is 823. The van der Waals surface area contributed by atoms with Gasteiger partial charge in [0.2, 0.25) is 0 Å². The molecule has 2 atom stereocenters. The molecule has 1 heterocycles. The highest BCUT2D eigenvalue weighted by atomic mass is 16.2. The molecule has 102 valence electrons. The van der Waals surface area contributed by atoms with Gasteiger partial charge in [0.25, 0.3) is 0 Å². The topological polar surface area (TPSA) is 82.8 Å². The lowest BCUT2D eigenvalue weighted by Gasteiger charge is -2.04. The molecule has 0 radical (unpaired) electrons. The van der Waals surface area contributed by atoms with Crippen LogP contribution in [0.25, 0.3) is 11.0 Å². The Hall–Kier alpha value is -2.17. The number of hydrogen-bond donors (Lipinski definition) is 2. The maximum Gasteiger partial charge on any atom is 0.314 e. The van der Waals surface area contributed by atoms with Crippen LogP contribution in [0.15, 0.2) is 27.8 Å². The van der Waals surface area contributed by atoms with E-state index in [2.05, 4.69) is 9.97 Å². The van der Waals surface area contributed by atoms with Crippen LogP contribution in [0, 0.1) is 17.8 Å². The van der Waals surface area contributed by atoms with E-state index in [0.29, 0.717) is 28.4 Å². The smallest absolute Gasteiger partial charge is 0.314 e. The molecular weight excluding hydrogens is 256 g/mol. The van der Waals surface area contributed by atoms with E-state index in [0.717, 1.165) is 0 Å². The summed E-state index contributed by atoms with van der Waals surface area (Å²) in [5, 5.41) is 0. The van der Waals surface area contributed by atoms with Crippen LogP contribution in [0.2, 0.25) is 0 Å². The molecular formula is C15H14N2O3. The maximum absolute atomic E-state index is 12.5. The van der Waals surface area contributed by atoms with E-state index >= 15 is 0 Å². The highest BCUT2D eigenvalue weighted by Gasteiger charge is 2.56. The fraction of sp³-hybridized carbons (Fsp3) is 0.400. The number of aromatic amines is 2. The lowest BCUT2D eigenvalue weighted by atomic mass is 10.0. The quantitative estimate of drug-likeness (QED) is 0.640. The minimum Gasteiger partial charge on any atom is -0.316 e. The first-order valence-corrected chi connectivity index (χ1v) is 6.96. The molecule has 2 aliphatic carbocycles. The van der Waals surface area contributed by atoms with Crippen LogP contribution in [-0.2, 0) is 0 Å². The first-order chi connectivity index (χ1) is 9.65. The second-order valence-corrected chi connectivity index (χ2v) is 5.82. The van der Waals surface area contributed by atoms with Crippen molar-refractivity contribution < 1.29 is 4.79 Å². The third kappa shape index (κ3) is 1.59. The summed E-state index contributed by atoms with van der Waals surface area (Å²) in [7, 11) is 0. The summed E-state index contributed by atoms with van der Waals surface area (Å²) in [6.45, 7) is 0. The molecule has 2 saturated carbocycles. The van der Waals surface area contributed by atoms with Gasteiger partial charge in [-0.2, -0.15) is 0 Å². The molecule has 1 aromatic heterocycles. The molecule has 2 unspecified atom stereocenters. The van der Waals surface area contributed by atoms with Crippen molar-refractivity contribution >= 4 is 16.8 Å². The summed E-state index contributed by atoms with van der Waals surface area (Å²) >= 11 is 0. The molecule has 2 aliphatic rings. The molecule has 2 N–H and O–H groups in total. The van der Waals surface area contributed by atoms with Crippen molar-refractivity contribution in [1.82, 2.24) is 9.97 Å². The first-order valence-electron chi connectivity index (χ1n) is 6.96. The summed E-state index contributed by atoms with van der Waals surface area (Å²) in [6, 6.07) is 5.08. The number of H-pyrrole nitrogens is 2. The predicted octanol–water partition coefficient (Wildman–Crippen LogP) is 1.45. The SMILES string of the molecule is O=C(c1ccc2[nH]c(=O)c(=O)[nH]c2c1)C1C2CCCC21. The number of ketones is 1. The molecule has 5 nitrogen and oxygen atoms in total. The molecule has 2 fully saturated rings. The van der Waals surface area contributed by atoms with E-state index in [9.17, 15) is 14.4 Å². The fourth-order valence-electron chi connectivity index (χ4n) is 3.67. The molecule has 2 aromatic rings. The van der Waals surface area contributed by atoms with Gasteiger partial charge < -0.3 is 9.97 Å². The van der Waals surface area contributed by atoms with Gasteiger partial charge in [0.1, 0.15) is 0 Å². The van der Waals surface area contributed by atoms with Gasteiger partial charge >= 0.3 is 11.1 Å². The van der Waals surface area contributed by atoms with Crippen molar-refractivity contribution in [2.75, 3.05) is 0 Å². The summed E-state index contributed by atoms with van der Waals surface area (Å²) < 4.78 is 0. The van der Waals surface area contributed by atoms with Gasteiger partial charge in [-0.3, -0.25) is 14.4 Å². The van der Waals surface area contributed by atoms with Gasteiger partial charge in [-0.25, -0.2) is 0 Å².